The number of hydrogen-bond donors (Lipinski definition) is 0. The van der Waals surface area contributed by atoms with Crippen molar-refractivity contribution in [3.05, 3.63) is 188 Å². The molecule has 0 unspecified atom stereocenters. The van der Waals surface area contributed by atoms with Crippen LogP contribution in [0.15, 0.2) is 188 Å². The highest BCUT2D eigenvalue weighted by atomic mass is 15.1. The van der Waals surface area contributed by atoms with Gasteiger partial charge in [0.2, 0.25) is 0 Å². The number of fused-ring (bicyclic) bond motifs is 2. The van der Waals surface area contributed by atoms with Gasteiger partial charge in [0.1, 0.15) is 0 Å². The minimum Gasteiger partial charge on any atom is -0.310 e. The molecule has 0 N–H and O–H groups in total. The van der Waals surface area contributed by atoms with E-state index < -0.39 is 0 Å². The van der Waals surface area contributed by atoms with Gasteiger partial charge in [-0.3, -0.25) is 0 Å². The molecule has 0 amide bonds. The Morgan fingerprint density at radius 1 is 0.289 bits per heavy atom. The summed E-state index contributed by atoms with van der Waals surface area (Å²) in [6.45, 7) is 0. The van der Waals surface area contributed by atoms with E-state index in [-0.39, 0.29) is 0 Å². The SMILES string of the molecule is c1ccc(-c2ccc(N(c3ccc(-c4ccccc4)cc3)c3cccc4c(-c5ccc6ccccc6c5)cccc34)cc2)cc1. The third-order valence-electron chi connectivity index (χ3n) is 8.67. The van der Waals surface area contributed by atoms with Gasteiger partial charge in [-0.15, -0.1) is 0 Å². The average Bonchev–Trinajstić information content (AvgIpc) is 3.13. The zero-order valence-electron chi connectivity index (χ0n) is 24.8. The van der Waals surface area contributed by atoms with Crippen LogP contribution >= 0.6 is 0 Å². The van der Waals surface area contributed by atoms with Crippen molar-refractivity contribution in [3.63, 3.8) is 0 Å². The summed E-state index contributed by atoms with van der Waals surface area (Å²) in [5.74, 6) is 0. The van der Waals surface area contributed by atoms with Crippen LogP contribution in [-0.2, 0) is 0 Å². The zero-order valence-corrected chi connectivity index (χ0v) is 24.8. The van der Waals surface area contributed by atoms with Crippen LogP contribution in [0.5, 0.6) is 0 Å². The minimum atomic E-state index is 1.12. The second-order valence-electron chi connectivity index (χ2n) is 11.4. The molecule has 0 aromatic heterocycles. The summed E-state index contributed by atoms with van der Waals surface area (Å²) in [4.78, 5) is 2.38. The number of benzene rings is 8. The number of anilines is 3. The lowest BCUT2D eigenvalue weighted by atomic mass is 9.95. The van der Waals surface area contributed by atoms with Gasteiger partial charge in [0, 0.05) is 16.8 Å². The van der Waals surface area contributed by atoms with Gasteiger partial charge in [-0.2, -0.15) is 0 Å². The Bertz CT molecular complexity index is 2150. The first-order chi connectivity index (χ1) is 22.3. The summed E-state index contributed by atoms with van der Waals surface area (Å²) in [7, 11) is 0. The van der Waals surface area contributed by atoms with Crippen LogP contribution in [0.3, 0.4) is 0 Å². The molecule has 0 aliphatic heterocycles. The Morgan fingerprint density at radius 3 is 1.40 bits per heavy atom. The van der Waals surface area contributed by atoms with Crippen LogP contribution in [0.25, 0.3) is 54.9 Å². The minimum absolute atomic E-state index is 1.12. The topological polar surface area (TPSA) is 3.24 Å². The third-order valence-corrected chi connectivity index (χ3v) is 8.67. The van der Waals surface area contributed by atoms with E-state index in [9.17, 15) is 0 Å². The Hall–Kier alpha value is -5.92. The molecule has 45 heavy (non-hydrogen) atoms. The molecular formula is C44H31N. The van der Waals surface area contributed by atoms with Crippen LogP contribution in [0.2, 0.25) is 0 Å². The molecule has 0 fully saturated rings. The number of nitrogens with zero attached hydrogens (tertiary/aromatic N) is 1. The van der Waals surface area contributed by atoms with Crippen LogP contribution < -0.4 is 4.90 Å². The number of rotatable bonds is 6. The van der Waals surface area contributed by atoms with E-state index in [1.54, 1.807) is 0 Å². The van der Waals surface area contributed by atoms with Gasteiger partial charge in [-0.05, 0) is 85.9 Å². The number of hydrogen-bond acceptors (Lipinski definition) is 1. The van der Waals surface area contributed by atoms with Crippen molar-refractivity contribution in [3.8, 4) is 33.4 Å². The standard InChI is InChI=1S/C44H31N/c1-3-11-32(12-4-1)35-23-27-39(28-24-35)45(40-29-25-36(26-30-40)33-13-5-2-6-14-33)44-20-10-18-42-41(17-9-19-43(42)44)38-22-21-34-15-7-8-16-37(34)31-38/h1-31H. The molecule has 8 aromatic rings. The van der Waals surface area contributed by atoms with Crippen LogP contribution in [-0.4, -0.2) is 0 Å². The molecule has 212 valence electrons. The van der Waals surface area contributed by atoms with Crippen molar-refractivity contribution >= 4 is 38.6 Å². The van der Waals surface area contributed by atoms with Crippen LogP contribution in [0.4, 0.5) is 17.1 Å². The molecule has 1 heteroatoms. The fourth-order valence-corrected chi connectivity index (χ4v) is 6.39. The van der Waals surface area contributed by atoms with E-state index >= 15 is 0 Å². The maximum absolute atomic E-state index is 2.38. The van der Waals surface area contributed by atoms with Gasteiger partial charge in [0.25, 0.3) is 0 Å². The highest BCUT2D eigenvalue weighted by Gasteiger charge is 2.17. The smallest absolute Gasteiger partial charge is 0.0540 e. The first-order valence-corrected chi connectivity index (χ1v) is 15.4. The van der Waals surface area contributed by atoms with E-state index in [4.69, 9.17) is 0 Å². The maximum atomic E-state index is 2.38. The average molecular weight is 574 g/mol. The summed E-state index contributed by atoms with van der Waals surface area (Å²) >= 11 is 0. The molecule has 0 radical (unpaired) electrons. The molecule has 0 spiro atoms. The Morgan fingerprint density at radius 2 is 0.778 bits per heavy atom. The molecule has 1 nitrogen and oxygen atoms in total. The molecule has 0 heterocycles. The summed E-state index contributed by atoms with van der Waals surface area (Å²) in [6.07, 6.45) is 0. The monoisotopic (exact) mass is 573 g/mol. The normalized spacial score (nSPS) is 11.1. The first kappa shape index (κ1) is 26.7. The van der Waals surface area contributed by atoms with Crippen molar-refractivity contribution in [1.82, 2.24) is 0 Å². The van der Waals surface area contributed by atoms with Gasteiger partial charge < -0.3 is 4.90 Å². The van der Waals surface area contributed by atoms with Gasteiger partial charge in [-0.1, -0.05) is 152 Å². The van der Waals surface area contributed by atoms with Crippen LogP contribution in [0, 0.1) is 0 Å². The summed E-state index contributed by atoms with van der Waals surface area (Å²) in [5.41, 5.74) is 10.7. The molecule has 8 aromatic carbocycles. The second-order valence-corrected chi connectivity index (χ2v) is 11.4. The molecule has 0 saturated heterocycles. The Kier molecular flexibility index (Phi) is 6.90. The lowest BCUT2D eigenvalue weighted by Gasteiger charge is -2.27. The van der Waals surface area contributed by atoms with E-state index in [1.807, 2.05) is 0 Å². The fourth-order valence-electron chi connectivity index (χ4n) is 6.39. The van der Waals surface area contributed by atoms with Gasteiger partial charge >= 0.3 is 0 Å². The maximum Gasteiger partial charge on any atom is 0.0540 e. The lowest BCUT2D eigenvalue weighted by Crippen LogP contribution is -2.10. The summed E-state index contributed by atoms with van der Waals surface area (Å²) < 4.78 is 0. The lowest BCUT2D eigenvalue weighted by molar-refractivity contribution is 1.30. The summed E-state index contributed by atoms with van der Waals surface area (Å²) in [6, 6.07) is 67.7. The van der Waals surface area contributed by atoms with E-state index in [2.05, 4.69) is 193 Å². The van der Waals surface area contributed by atoms with Crippen molar-refractivity contribution in [2.24, 2.45) is 0 Å². The van der Waals surface area contributed by atoms with Crippen molar-refractivity contribution in [2.75, 3.05) is 4.90 Å². The molecular weight excluding hydrogens is 542 g/mol. The van der Waals surface area contributed by atoms with E-state index in [0.717, 1.165) is 17.1 Å². The Balaban J connectivity index is 1.28. The van der Waals surface area contributed by atoms with Gasteiger partial charge in [-0.25, -0.2) is 0 Å². The quantitative estimate of drug-likeness (QED) is 0.191. The van der Waals surface area contributed by atoms with E-state index in [0.29, 0.717) is 0 Å². The van der Waals surface area contributed by atoms with Crippen molar-refractivity contribution in [1.29, 1.82) is 0 Å². The first-order valence-electron chi connectivity index (χ1n) is 15.4. The van der Waals surface area contributed by atoms with Gasteiger partial charge in [0.15, 0.2) is 0 Å². The van der Waals surface area contributed by atoms with Crippen LogP contribution in [0.1, 0.15) is 0 Å². The summed E-state index contributed by atoms with van der Waals surface area (Å²) in [5, 5.41) is 4.95. The van der Waals surface area contributed by atoms with Crippen molar-refractivity contribution < 1.29 is 0 Å². The largest absolute Gasteiger partial charge is 0.310 e. The van der Waals surface area contributed by atoms with Gasteiger partial charge in [0.05, 0.1) is 5.69 Å². The molecule has 0 aliphatic rings. The van der Waals surface area contributed by atoms with E-state index in [1.165, 1.54) is 54.9 Å². The fraction of sp³-hybridized carbons (Fsp3) is 0. The predicted octanol–water partition coefficient (Wildman–Crippen LogP) is 12.5. The molecule has 8 rings (SSSR count). The predicted molar refractivity (Wildman–Crippen MR) is 192 cm³/mol. The molecule has 0 saturated carbocycles. The Labute approximate surface area is 264 Å². The second kappa shape index (κ2) is 11.6. The highest BCUT2D eigenvalue weighted by Crippen LogP contribution is 2.42. The zero-order chi connectivity index (χ0) is 30.0. The highest BCUT2D eigenvalue weighted by molar-refractivity contribution is 6.06. The third kappa shape index (κ3) is 5.15. The molecule has 0 aliphatic carbocycles. The molecule has 0 atom stereocenters. The van der Waals surface area contributed by atoms with Crippen molar-refractivity contribution in [2.45, 2.75) is 0 Å². The molecule has 0 bridgehead atoms.